The zero-order chi connectivity index (χ0) is 13.6. The van der Waals surface area contributed by atoms with Crippen molar-refractivity contribution >= 4 is 32.9 Å². The van der Waals surface area contributed by atoms with Crippen LogP contribution >= 0.6 is 12.2 Å². The fourth-order valence-corrected chi connectivity index (χ4v) is 4.69. The predicted octanol–water partition coefficient (Wildman–Crippen LogP) is 0.982. The summed E-state index contributed by atoms with van der Waals surface area (Å²) in [5, 5.41) is 0.343. The van der Waals surface area contributed by atoms with Gasteiger partial charge in [-0.1, -0.05) is 0 Å². The smallest absolute Gasteiger partial charge is 0.264 e. The van der Waals surface area contributed by atoms with Crippen molar-refractivity contribution in [2.24, 2.45) is 0 Å². The number of hydrogen-bond acceptors (Lipinski definition) is 5. The van der Waals surface area contributed by atoms with E-state index < -0.39 is 9.84 Å². The number of fused-ring (bicyclic) bond motifs is 1. The summed E-state index contributed by atoms with van der Waals surface area (Å²) in [5.41, 5.74) is 0.829. The van der Waals surface area contributed by atoms with Crippen LogP contribution in [0.25, 0.3) is 0 Å². The number of nitrogens with zero attached hydrogens (tertiary/aromatic N) is 1. The molecule has 2 aliphatic heterocycles. The van der Waals surface area contributed by atoms with Crippen LogP contribution in [-0.4, -0.2) is 44.4 Å². The van der Waals surface area contributed by atoms with Crippen molar-refractivity contribution in [2.75, 3.05) is 23.5 Å². The molecule has 0 aromatic heterocycles. The van der Waals surface area contributed by atoms with E-state index in [-0.39, 0.29) is 23.7 Å². The number of anilines is 1. The third-order valence-electron chi connectivity index (χ3n) is 3.40. The maximum Gasteiger partial charge on any atom is 0.264 e. The lowest BCUT2D eigenvalue weighted by molar-refractivity contribution is 0.244. The minimum atomic E-state index is -3.03. The van der Waals surface area contributed by atoms with E-state index >= 15 is 0 Å². The number of thiocarbonyl (C=S) groups is 1. The van der Waals surface area contributed by atoms with Gasteiger partial charge in [0.2, 0.25) is 0 Å². The van der Waals surface area contributed by atoms with E-state index in [2.05, 4.69) is 0 Å². The summed E-state index contributed by atoms with van der Waals surface area (Å²) in [6, 6.07) is 7.11. The molecule has 0 unspecified atom stereocenters. The molecule has 2 atom stereocenters. The first-order chi connectivity index (χ1) is 9.00. The van der Waals surface area contributed by atoms with Crippen LogP contribution in [0.2, 0.25) is 0 Å². The van der Waals surface area contributed by atoms with Crippen molar-refractivity contribution in [1.29, 1.82) is 0 Å². The minimum absolute atomic E-state index is 0.0461. The third kappa shape index (κ3) is 2.17. The van der Waals surface area contributed by atoms with Gasteiger partial charge in [-0.25, -0.2) is 8.42 Å². The molecular formula is C12H13NO4S2. The molecule has 1 aromatic carbocycles. The fraction of sp³-hybridized carbons (Fsp3) is 0.417. The highest BCUT2D eigenvalue weighted by Gasteiger charge is 2.49. The molecule has 0 amide bonds. The zero-order valence-electron chi connectivity index (χ0n) is 10.3. The Balaban J connectivity index is 1.92. The van der Waals surface area contributed by atoms with Crippen LogP contribution < -0.4 is 9.64 Å². The van der Waals surface area contributed by atoms with E-state index in [0.29, 0.717) is 5.17 Å². The highest BCUT2D eigenvalue weighted by Crippen LogP contribution is 2.33. The van der Waals surface area contributed by atoms with Gasteiger partial charge in [-0.3, -0.25) is 4.90 Å². The first-order valence-electron chi connectivity index (χ1n) is 5.84. The average Bonchev–Trinajstić information content (AvgIpc) is 2.79. The Morgan fingerprint density at radius 2 is 2.00 bits per heavy atom. The summed E-state index contributed by atoms with van der Waals surface area (Å²) in [6.45, 7) is 0. The van der Waals surface area contributed by atoms with E-state index in [4.69, 9.17) is 21.7 Å². The Bertz CT molecular complexity index is 611. The summed E-state index contributed by atoms with van der Waals surface area (Å²) in [5.74, 6) is 0.874. The standard InChI is InChI=1S/C12H13NO4S2/c1-16-9-4-2-8(3-5-9)13-10-6-19(14,15)7-11(10)17-12(13)18/h2-5,10-11H,6-7H2,1H3/t10-,11-/m0/s1. The normalized spacial score (nSPS) is 28.1. The molecule has 2 heterocycles. The molecular weight excluding hydrogens is 286 g/mol. The molecule has 5 nitrogen and oxygen atoms in total. The lowest BCUT2D eigenvalue weighted by atomic mass is 10.2. The average molecular weight is 299 g/mol. The van der Waals surface area contributed by atoms with Gasteiger partial charge in [0.05, 0.1) is 24.7 Å². The van der Waals surface area contributed by atoms with Gasteiger partial charge in [-0.2, -0.15) is 0 Å². The lowest BCUT2D eigenvalue weighted by Crippen LogP contribution is -2.36. The topological polar surface area (TPSA) is 55.8 Å². The molecule has 2 saturated heterocycles. The third-order valence-corrected chi connectivity index (χ3v) is 5.38. The highest BCUT2D eigenvalue weighted by atomic mass is 32.2. The number of benzene rings is 1. The van der Waals surface area contributed by atoms with Crippen molar-refractivity contribution in [3.63, 3.8) is 0 Å². The van der Waals surface area contributed by atoms with Gasteiger partial charge in [0, 0.05) is 5.69 Å². The largest absolute Gasteiger partial charge is 0.497 e. The molecule has 2 fully saturated rings. The molecule has 19 heavy (non-hydrogen) atoms. The monoisotopic (exact) mass is 299 g/mol. The Morgan fingerprint density at radius 1 is 1.32 bits per heavy atom. The lowest BCUT2D eigenvalue weighted by Gasteiger charge is -2.21. The summed E-state index contributed by atoms with van der Waals surface area (Å²) in [6.07, 6.45) is -0.348. The van der Waals surface area contributed by atoms with Crippen LogP contribution in [0, 0.1) is 0 Å². The Hall–Kier alpha value is -1.34. The fourth-order valence-electron chi connectivity index (χ4n) is 2.51. The molecule has 102 valence electrons. The molecule has 0 aliphatic carbocycles. The van der Waals surface area contributed by atoms with Crippen LogP contribution in [-0.2, 0) is 14.6 Å². The van der Waals surface area contributed by atoms with Crippen molar-refractivity contribution in [3.8, 4) is 5.75 Å². The van der Waals surface area contributed by atoms with E-state index in [1.165, 1.54) is 0 Å². The van der Waals surface area contributed by atoms with Crippen LogP contribution in [0.3, 0.4) is 0 Å². The second-order valence-corrected chi connectivity index (χ2v) is 7.14. The van der Waals surface area contributed by atoms with Gasteiger partial charge in [0.15, 0.2) is 9.84 Å². The Morgan fingerprint density at radius 3 is 2.63 bits per heavy atom. The number of rotatable bonds is 2. The van der Waals surface area contributed by atoms with Crippen molar-refractivity contribution in [2.45, 2.75) is 12.1 Å². The van der Waals surface area contributed by atoms with Gasteiger partial charge in [-0.05, 0) is 36.5 Å². The molecule has 0 bridgehead atoms. The second kappa shape index (κ2) is 4.35. The first-order valence-corrected chi connectivity index (χ1v) is 8.07. The maximum absolute atomic E-state index is 11.7. The predicted molar refractivity (Wildman–Crippen MR) is 75.4 cm³/mol. The van der Waals surface area contributed by atoms with Gasteiger partial charge in [0.25, 0.3) is 5.17 Å². The summed E-state index contributed by atoms with van der Waals surface area (Å²) < 4.78 is 33.9. The van der Waals surface area contributed by atoms with Crippen LogP contribution in [0.5, 0.6) is 5.75 Å². The maximum atomic E-state index is 11.7. The first kappa shape index (κ1) is 12.7. The second-order valence-electron chi connectivity index (χ2n) is 4.63. The SMILES string of the molecule is COc1ccc(N2C(=S)O[C@H]3CS(=O)(=O)C[C@@H]32)cc1. The summed E-state index contributed by atoms with van der Waals surface area (Å²) >= 11 is 5.19. The van der Waals surface area contributed by atoms with Crippen LogP contribution in [0.15, 0.2) is 24.3 Å². The van der Waals surface area contributed by atoms with E-state index in [0.717, 1.165) is 11.4 Å². The van der Waals surface area contributed by atoms with E-state index in [9.17, 15) is 8.42 Å². The molecule has 3 rings (SSSR count). The van der Waals surface area contributed by atoms with Crippen LogP contribution in [0.4, 0.5) is 5.69 Å². The van der Waals surface area contributed by atoms with Crippen molar-refractivity contribution in [3.05, 3.63) is 24.3 Å². The molecule has 0 saturated carbocycles. The molecule has 0 N–H and O–H groups in total. The minimum Gasteiger partial charge on any atom is -0.497 e. The Labute approximate surface area is 117 Å². The van der Waals surface area contributed by atoms with Gasteiger partial charge in [0.1, 0.15) is 11.9 Å². The quantitative estimate of drug-likeness (QED) is 0.759. The van der Waals surface area contributed by atoms with Gasteiger partial charge < -0.3 is 9.47 Å². The summed E-state index contributed by atoms with van der Waals surface area (Å²) in [7, 11) is -1.44. The van der Waals surface area contributed by atoms with Crippen molar-refractivity contribution < 1.29 is 17.9 Å². The Kier molecular flexibility index (Phi) is 2.90. The molecule has 1 aromatic rings. The van der Waals surface area contributed by atoms with E-state index in [1.807, 2.05) is 24.3 Å². The number of sulfone groups is 1. The number of hydrogen-bond donors (Lipinski definition) is 0. The molecule has 2 aliphatic rings. The van der Waals surface area contributed by atoms with Gasteiger partial charge >= 0.3 is 0 Å². The molecule has 0 radical (unpaired) electrons. The van der Waals surface area contributed by atoms with E-state index in [1.54, 1.807) is 12.0 Å². The highest BCUT2D eigenvalue weighted by molar-refractivity contribution is 7.91. The molecule has 7 heteroatoms. The number of ether oxygens (including phenoxy) is 2. The number of methoxy groups -OCH3 is 1. The van der Waals surface area contributed by atoms with Crippen LogP contribution in [0.1, 0.15) is 0 Å². The summed E-state index contributed by atoms with van der Waals surface area (Å²) in [4.78, 5) is 1.78. The van der Waals surface area contributed by atoms with Gasteiger partial charge in [-0.15, -0.1) is 0 Å². The van der Waals surface area contributed by atoms with Crippen molar-refractivity contribution in [1.82, 2.24) is 0 Å². The zero-order valence-corrected chi connectivity index (χ0v) is 11.9. The molecule has 0 spiro atoms.